The third-order valence-electron chi connectivity index (χ3n) is 4.91. The number of aromatic nitrogens is 1. The quantitative estimate of drug-likeness (QED) is 0.602. The van der Waals surface area contributed by atoms with E-state index in [1.54, 1.807) is 59.1 Å². The zero-order valence-electron chi connectivity index (χ0n) is 15.8. The van der Waals surface area contributed by atoms with Gasteiger partial charge in [0.1, 0.15) is 0 Å². The summed E-state index contributed by atoms with van der Waals surface area (Å²) in [6, 6.07) is 11.5. The first-order chi connectivity index (χ1) is 13.9. The van der Waals surface area contributed by atoms with Crippen LogP contribution in [0.2, 0.25) is 5.02 Å². The highest BCUT2D eigenvalue weighted by atomic mass is 35.5. The Morgan fingerprint density at radius 3 is 2.48 bits per heavy atom. The number of carbonyl (C=O) groups is 1. The van der Waals surface area contributed by atoms with E-state index >= 15 is 0 Å². The van der Waals surface area contributed by atoms with Gasteiger partial charge in [0, 0.05) is 41.2 Å². The second-order valence-electron chi connectivity index (χ2n) is 6.88. The number of halogens is 1. The summed E-state index contributed by atoms with van der Waals surface area (Å²) < 4.78 is 27.3. The van der Waals surface area contributed by atoms with Crippen LogP contribution in [0.1, 0.15) is 15.9 Å². The molecule has 1 amide bonds. The summed E-state index contributed by atoms with van der Waals surface area (Å²) in [5, 5.41) is 0.744. The number of sulfone groups is 1. The first kappa shape index (κ1) is 20.2. The normalized spacial score (nSPS) is 14.9. The Bertz CT molecular complexity index is 1190. The SMILES string of the molecule is Cc1ccc(S(=O)(=O)c2c(C(=O)N3CCSCC3)cnc3ccc(Cl)cc23)cc1. The van der Waals surface area contributed by atoms with Crippen molar-refractivity contribution in [1.82, 2.24) is 9.88 Å². The Labute approximate surface area is 179 Å². The molecular weight excluding hydrogens is 428 g/mol. The molecule has 8 heteroatoms. The second-order valence-corrected chi connectivity index (χ2v) is 10.4. The first-order valence-electron chi connectivity index (χ1n) is 9.15. The summed E-state index contributed by atoms with van der Waals surface area (Å²) in [4.78, 5) is 19.4. The van der Waals surface area contributed by atoms with Gasteiger partial charge in [0.25, 0.3) is 5.91 Å². The molecular formula is C21H19ClN2O3S2. The summed E-state index contributed by atoms with van der Waals surface area (Å²) >= 11 is 7.95. The molecule has 0 spiro atoms. The number of thioether (sulfide) groups is 1. The molecule has 1 saturated heterocycles. The third-order valence-corrected chi connectivity index (χ3v) is 7.96. The van der Waals surface area contributed by atoms with Crippen LogP contribution in [-0.2, 0) is 9.84 Å². The van der Waals surface area contributed by atoms with Crippen molar-refractivity contribution in [3.63, 3.8) is 0 Å². The van der Waals surface area contributed by atoms with Crippen molar-refractivity contribution in [3.05, 3.63) is 64.8 Å². The molecule has 150 valence electrons. The smallest absolute Gasteiger partial charge is 0.256 e. The van der Waals surface area contributed by atoms with E-state index in [9.17, 15) is 13.2 Å². The number of nitrogens with zero attached hydrogens (tertiary/aromatic N) is 2. The van der Waals surface area contributed by atoms with Gasteiger partial charge in [-0.3, -0.25) is 9.78 Å². The van der Waals surface area contributed by atoms with E-state index in [-0.39, 0.29) is 21.3 Å². The lowest BCUT2D eigenvalue weighted by Crippen LogP contribution is -2.38. The molecule has 2 heterocycles. The van der Waals surface area contributed by atoms with Crippen molar-refractivity contribution in [2.45, 2.75) is 16.7 Å². The van der Waals surface area contributed by atoms with E-state index in [4.69, 9.17) is 11.6 Å². The van der Waals surface area contributed by atoms with Crippen molar-refractivity contribution in [3.8, 4) is 0 Å². The first-order valence-corrected chi connectivity index (χ1v) is 12.2. The maximum atomic E-state index is 13.6. The molecule has 5 nitrogen and oxygen atoms in total. The third kappa shape index (κ3) is 3.86. The molecule has 0 bridgehead atoms. The van der Waals surface area contributed by atoms with Crippen molar-refractivity contribution >= 4 is 50.0 Å². The monoisotopic (exact) mass is 446 g/mol. The maximum absolute atomic E-state index is 13.6. The van der Waals surface area contributed by atoms with Gasteiger partial charge < -0.3 is 4.90 Å². The average molecular weight is 447 g/mol. The van der Waals surface area contributed by atoms with Crippen LogP contribution in [0, 0.1) is 6.92 Å². The van der Waals surface area contributed by atoms with Gasteiger partial charge in [0.05, 0.1) is 20.9 Å². The number of benzene rings is 2. The van der Waals surface area contributed by atoms with E-state index < -0.39 is 9.84 Å². The number of hydrogen-bond acceptors (Lipinski definition) is 5. The summed E-state index contributed by atoms with van der Waals surface area (Å²) in [6.07, 6.45) is 1.38. The number of aryl methyl sites for hydroxylation is 1. The fraction of sp³-hybridized carbons (Fsp3) is 0.238. The number of rotatable bonds is 3. The molecule has 0 atom stereocenters. The van der Waals surface area contributed by atoms with Crippen molar-refractivity contribution in [2.75, 3.05) is 24.6 Å². The minimum Gasteiger partial charge on any atom is -0.337 e. The van der Waals surface area contributed by atoms with Crippen molar-refractivity contribution in [1.29, 1.82) is 0 Å². The van der Waals surface area contributed by atoms with Crippen LogP contribution < -0.4 is 0 Å². The van der Waals surface area contributed by atoms with Crippen LogP contribution in [0.15, 0.2) is 58.5 Å². The van der Waals surface area contributed by atoms with Gasteiger partial charge in [-0.2, -0.15) is 11.8 Å². The van der Waals surface area contributed by atoms with E-state index in [1.807, 2.05) is 6.92 Å². The fourth-order valence-corrected chi connectivity index (χ4v) is 6.04. The molecule has 0 unspecified atom stereocenters. The minimum atomic E-state index is -3.96. The molecule has 0 saturated carbocycles. The molecule has 0 aliphatic carbocycles. The highest BCUT2D eigenvalue weighted by molar-refractivity contribution is 7.99. The van der Waals surface area contributed by atoms with Gasteiger partial charge >= 0.3 is 0 Å². The number of pyridine rings is 1. The Morgan fingerprint density at radius 1 is 1.10 bits per heavy atom. The predicted molar refractivity (Wildman–Crippen MR) is 117 cm³/mol. The largest absolute Gasteiger partial charge is 0.337 e. The highest BCUT2D eigenvalue weighted by Crippen LogP contribution is 2.33. The number of carbonyl (C=O) groups excluding carboxylic acids is 1. The lowest BCUT2D eigenvalue weighted by atomic mass is 10.1. The Hall–Kier alpha value is -2.09. The molecule has 0 radical (unpaired) electrons. The summed E-state index contributed by atoms with van der Waals surface area (Å²) in [7, 11) is -3.96. The molecule has 29 heavy (non-hydrogen) atoms. The number of hydrogen-bond donors (Lipinski definition) is 0. The number of fused-ring (bicyclic) bond motifs is 1. The summed E-state index contributed by atoms with van der Waals surface area (Å²) in [5.74, 6) is 1.35. The van der Waals surface area contributed by atoms with Gasteiger partial charge in [-0.15, -0.1) is 0 Å². The molecule has 3 aromatic rings. The average Bonchev–Trinajstić information content (AvgIpc) is 2.73. The van der Waals surface area contributed by atoms with Gasteiger partial charge in [0.15, 0.2) is 0 Å². The Morgan fingerprint density at radius 2 is 1.79 bits per heavy atom. The Balaban J connectivity index is 1.97. The summed E-state index contributed by atoms with van der Waals surface area (Å²) in [6.45, 7) is 3.06. The zero-order valence-corrected chi connectivity index (χ0v) is 18.1. The predicted octanol–water partition coefficient (Wildman–Crippen LogP) is 4.22. The maximum Gasteiger partial charge on any atom is 0.256 e. The van der Waals surface area contributed by atoms with Crippen LogP contribution in [0.4, 0.5) is 0 Å². The van der Waals surface area contributed by atoms with Crippen LogP contribution in [0.3, 0.4) is 0 Å². The van der Waals surface area contributed by atoms with Crippen molar-refractivity contribution in [2.24, 2.45) is 0 Å². The van der Waals surface area contributed by atoms with Crippen LogP contribution in [-0.4, -0.2) is 48.8 Å². The van der Waals surface area contributed by atoms with Gasteiger partial charge in [-0.25, -0.2) is 8.42 Å². The lowest BCUT2D eigenvalue weighted by Gasteiger charge is -2.27. The molecule has 1 aliphatic rings. The van der Waals surface area contributed by atoms with Crippen molar-refractivity contribution < 1.29 is 13.2 Å². The van der Waals surface area contributed by atoms with Gasteiger partial charge in [-0.05, 0) is 37.3 Å². The Kier molecular flexibility index (Phi) is 5.55. The number of amides is 1. The molecule has 2 aromatic carbocycles. The fourth-order valence-electron chi connectivity index (χ4n) is 3.35. The second kappa shape index (κ2) is 7.97. The molecule has 1 fully saturated rings. The molecule has 1 aliphatic heterocycles. The molecule has 4 rings (SSSR count). The van der Waals surface area contributed by atoms with E-state index in [0.29, 0.717) is 29.0 Å². The van der Waals surface area contributed by atoms with Crippen LogP contribution >= 0.6 is 23.4 Å². The van der Waals surface area contributed by atoms with E-state index in [1.165, 1.54) is 6.20 Å². The molecule has 0 N–H and O–H groups in total. The van der Waals surface area contributed by atoms with Crippen LogP contribution in [0.25, 0.3) is 10.9 Å². The standard InChI is InChI=1S/C21H19ClN2O3S2/c1-14-2-5-16(6-3-14)29(26,27)20-17-12-15(22)4-7-19(17)23-13-18(20)21(25)24-8-10-28-11-9-24/h2-7,12-13H,8-11H2,1H3. The zero-order chi connectivity index (χ0) is 20.6. The van der Waals surface area contributed by atoms with Crippen LogP contribution in [0.5, 0.6) is 0 Å². The lowest BCUT2D eigenvalue weighted by molar-refractivity contribution is 0.0768. The topological polar surface area (TPSA) is 67.3 Å². The van der Waals surface area contributed by atoms with E-state index in [0.717, 1.165) is 17.1 Å². The minimum absolute atomic E-state index is 0.0305. The molecule has 1 aromatic heterocycles. The van der Waals surface area contributed by atoms with Gasteiger partial charge in [0.2, 0.25) is 9.84 Å². The van der Waals surface area contributed by atoms with Gasteiger partial charge in [-0.1, -0.05) is 29.3 Å². The highest BCUT2D eigenvalue weighted by Gasteiger charge is 2.30. The summed E-state index contributed by atoms with van der Waals surface area (Å²) in [5.41, 5.74) is 1.52. The van der Waals surface area contributed by atoms with E-state index in [2.05, 4.69) is 4.98 Å².